The number of hydrogen-bond acceptors (Lipinski definition) is 1. The second-order valence-electron chi connectivity index (χ2n) is 6.10. The summed E-state index contributed by atoms with van der Waals surface area (Å²) < 4.78 is 6.56. The van der Waals surface area contributed by atoms with Crippen LogP contribution in [0.2, 0.25) is 19.1 Å². The van der Waals surface area contributed by atoms with Crippen molar-refractivity contribution < 1.29 is 4.43 Å². The van der Waals surface area contributed by atoms with Crippen molar-refractivity contribution in [2.24, 2.45) is 5.92 Å². The molecule has 1 spiro atoms. The Morgan fingerprint density at radius 2 is 1.86 bits per heavy atom. The molecule has 2 fully saturated rings. The van der Waals surface area contributed by atoms with Crippen LogP contribution in [0.5, 0.6) is 0 Å². The maximum atomic E-state index is 6.56. The molecule has 1 saturated carbocycles. The minimum absolute atomic E-state index is 0.325. The van der Waals surface area contributed by atoms with Gasteiger partial charge in [-0.1, -0.05) is 26.2 Å². The fourth-order valence-electron chi connectivity index (χ4n) is 3.34. The van der Waals surface area contributed by atoms with E-state index in [4.69, 9.17) is 4.43 Å². The highest BCUT2D eigenvalue weighted by Gasteiger charge is 2.43. The van der Waals surface area contributed by atoms with E-state index in [2.05, 4.69) is 20.0 Å². The molecule has 0 bridgehead atoms. The second kappa shape index (κ2) is 3.64. The molecule has 2 aliphatic rings. The molecular formula is C12H24OSi. The van der Waals surface area contributed by atoms with Gasteiger partial charge >= 0.3 is 0 Å². The fourth-order valence-corrected chi connectivity index (χ4v) is 6.09. The molecule has 0 aromatic rings. The molecule has 1 nitrogen and oxygen atoms in total. The Morgan fingerprint density at radius 1 is 1.21 bits per heavy atom. The lowest BCUT2D eigenvalue weighted by Crippen LogP contribution is -2.41. The standard InChI is InChI=1S/C12H24OSi/c1-11-6-9-14(2,3)13-12(10-11)7-4-5-8-12/h11H,4-10H2,1-3H3. The maximum Gasteiger partial charge on any atom is 0.187 e. The lowest BCUT2D eigenvalue weighted by Gasteiger charge is -2.36. The summed E-state index contributed by atoms with van der Waals surface area (Å²) in [6.45, 7) is 7.23. The molecule has 0 aromatic heterocycles. The van der Waals surface area contributed by atoms with E-state index in [1.54, 1.807) is 0 Å². The molecule has 0 aromatic carbocycles. The zero-order valence-electron chi connectivity index (χ0n) is 9.94. The van der Waals surface area contributed by atoms with Crippen molar-refractivity contribution >= 4 is 8.32 Å². The average Bonchev–Trinajstić information content (AvgIpc) is 2.44. The Hall–Kier alpha value is 0.177. The highest BCUT2D eigenvalue weighted by molar-refractivity contribution is 6.71. The molecule has 14 heavy (non-hydrogen) atoms. The first-order chi connectivity index (χ1) is 6.52. The summed E-state index contributed by atoms with van der Waals surface area (Å²) in [6.07, 6.45) is 8.22. The topological polar surface area (TPSA) is 9.23 Å². The summed E-state index contributed by atoms with van der Waals surface area (Å²) in [4.78, 5) is 0. The Bertz CT molecular complexity index is 206. The minimum atomic E-state index is -1.32. The third kappa shape index (κ3) is 2.22. The van der Waals surface area contributed by atoms with E-state index in [9.17, 15) is 0 Å². The SMILES string of the molecule is CC1CC[Si](C)(C)OC2(CCCC2)C1. The predicted octanol–water partition coefficient (Wildman–Crippen LogP) is 3.95. The van der Waals surface area contributed by atoms with E-state index >= 15 is 0 Å². The van der Waals surface area contributed by atoms with Gasteiger partial charge in [0.25, 0.3) is 0 Å². The van der Waals surface area contributed by atoms with Crippen LogP contribution in [0.4, 0.5) is 0 Å². The molecular weight excluding hydrogens is 188 g/mol. The number of rotatable bonds is 0. The summed E-state index contributed by atoms with van der Waals surface area (Å²) in [5.74, 6) is 0.891. The predicted molar refractivity (Wildman–Crippen MR) is 63.0 cm³/mol. The van der Waals surface area contributed by atoms with Gasteiger partial charge in [-0.2, -0.15) is 0 Å². The van der Waals surface area contributed by atoms with Crippen molar-refractivity contribution in [3.8, 4) is 0 Å². The molecule has 1 unspecified atom stereocenters. The van der Waals surface area contributed by atoms with Crippen LogP contribution in [0, 0.1) is 5.92 Å². The maximum absolute atomic E-state index is 6.56. The van der Waals surface area contributed by atoms with Crippen LogP contribution in [-0.4, -0.2) is 13.9 Å². The third-order valence-corrected chi connectivity index (χ3v) is 6.45. The van der Waals surface area contributed by atoms with Gasteiger partial charge in [0.1, 0.15) is 0 Å². The van der Waals surface area contributed by atoms with Crippen LogP contribution >= 0.6 is 0 Å². The summed E-state index contributed by atoms with van der Waals surface area (Å²) in [5.41, 5.74) is 0.325. The van der Waals surface area contributed by atoms with Crippen LogP contribution in [0.1, 0.15) is 45.4 Å². The zero-order chi connectivity index (χ0) is 10.2. The first-order valence-corrected chi connectivity index (χ1v) is 9.33. The van der Waals surface area contributed by atoms with E-state index in [1.807, 2.05) is 0 Å². The molecule has 2 heteroatoms. The molecule has 1 heterocycles. The largest absolute Gasteiger partial charge is 0.412 e. The van der Waals surface area contributed by atoms with Gasteiger partial charge in [-0.3, -0.25) is 0 Å². The van der Waals surface area contributed by atoms with Gasteiger partial charge in [-0.25, -0.2) is 0 Å². The Kier molecular flexibility index (Phi) is 2.78. The average molecular weight is 212 g/mol. The van der Waals surface area contributed by atoms with Gasteiger partial charge in [0, 0.05) is 0 Å². The second-order valence-corrected chi connectivity index (χ2v) is 10.3. The van der Waals surface area contributed by atoms with Crippen molar-refractivity contribution in [3.63, 3.8) is 0 Å². The van der Waals surface area contributed by atoms with Crippen LogP contribution in [0.3, 0.4) is 0 Å². The normalized spacial score (nSPS) is 35.8. The highest BCUT2D eigenvalue weighted by Crippen LogP contribution is 2.44. The van der Waals surface area contributed by atoms with E-state index in [0.29, 0.717) is 5.60 Å². The summed E-state index contributed by atoms with van der Waals surface area (Å²) in [6, 6.07) is 1.37. The number of hydrogen-bond donors (Lipinski definition) is 0. The molecule has 82 valence electrons. The molecule has 1 atom stereocenters. The molecule has 0 radical (unpaired) electrons. The molecule has 1 saturated heterocycles. The van der Waals surface area contributed by atoms with Crippen LogP contribution < -0.4 is 0 Å². The molecule has 0 N–H and O–H groups in total. The monoisotopic (exact) mass is 212 g/mol. The van der Waals surface area contributed by atoms with Gasteiger partial charge in [0.2, 0.25) is 0 Å². The van der Waals surface area contributed by atoms with Crippen LogP contribution in [-0.2, 0) is 4.43 Å². The Labute approximate surface area is 89.4 Å². The lowest BCUT2D eigenvalue weighted by atomic mass is 9.89. The van der Waals surface area contributed by atoms with Gasteiger partial charge in [-0.05, 0) is 44.3 Å². The van der Waals surface area contributed by atoms with Gasteiger partial charge in [0.05, 0.1) is 5.60 Å². The lowest BCUT2D eigenvalue weighted by molar-refractivity contribution is 0.0514. The van der Waals surface area contributed by atoms with Gasteiger partial charge in [0.15, 0.2) is 8.32 Å². The molecule has 0 amide bonds. The Morgan fingerprint density at radius 3 is 2.50 bits per heavy atom. The van der Waals surface area contributed by atoms with Crippen molar-refractivity contribution in [3.05, 3.63) is 0 Å². The van der Waals surface area contributed by atoms with Crippen molar-refractivity contribution in [1.29, 1.82) is 0 Å². The summed E-state index contributed by atoms with van der Waals surface area (Å²) in [7, 11) is -1.32. The van der Waals surface area contributed by atoms with Crippen LogP contribution in [0.25, 0.3) is 0 Å². The highest BCUT2D eigenvalue weighted by atomic mass is 28.4. The molecule has 1 aliphatic heterocycles. The first-order valence-electron chi connectivity index (χ1n) is 6.22. The van der Waals surface area contributed by atoms with E-state index in [-0.39, 0.29) is 0 Å². The van der Waals surface area contributed by atoms with Gasteiger partial charge < -0.3 is 4.43 Å². The van der Waals surface area contributed by atoms with Crippen molar-refractivity contribution in [2.45, 2.75) is 70.2 Å². The van der Waals surface area contributed by atoms with Crippen molar-refractivity contribution in [2.75, 3.05) is 0 Å². The quantitative estimate of drug-likeness (QED) is 0.552. The molecule has 1 aliphatic carbocycles. The van der Waals surface area contributed by atoms with E-state index in [1.165, 1.54) is 44.6 Å². The zero-order valence-corrected chi connectivity index (χ0v) is 10.9. The fraction of sp³-hybridized carbons (Fsp3) is 1.00. The first kappa shape index (κ1) is 10.7. The van der Waals surface area contributed by atoms with Crippen molar-refractivity contribution in [1.82, 2.24) is 0 Å². The summed E-state index contributed by atoms with van der Waals surface area (Å²) >= 11 is 0. The molecule has 2 rings (SSSR count). The smallest absolute Gasteiger partial charge is 0.187 e. The van der Waals surface area contributed by atoms with E-state index < -0.39 is 8.32 Å². The summed E-state index contributed by atoms with van der Waals surface area (Å²) in [5, 5.41) is 0. The van der Waals surface area contributed by atoms with Crippen LogP contribution in [0.15, 0.2) is 0 Å². The third-order valence-electron chi connectivity index (χ3n) is 3.97. The minimum Gasteiger partial charge on any atom is -0.412 e. The van der Waals surface area contributed by atoms with E-state index in [0.717, 1.165) is 5.92 Å². The van der Waals surface area contributed by atoms with Gasteiger partial charge in [-0.15, -0.1) is 0 Å². The Balaban J connectivity index is 2.14.